The highest BCUT2D eigenvalue weighted by Gasteiger charge is 2.54. The van der Waals surface area contributed by atoms with E-state index in [4.69, 9.17) is 26.4 Å². The monoisotopic (exact) mass is 672 g/mol. The Morgan fingerprint density at radius 1 is 1.06 bits per heavy atom. The Hall–Kier alpha value is -3.02. The van der Waals surface area contributed by atoms with E-state index < -0.39 is 46.4 Å². The molecule has 3 aliphatic rings. The number of hydrogen-bond acceptors (Lipinski definition) is 6. The van der Waals surface area contributed by atoms with E-state index in [1.807, 2.05) is 24.8 Å². The minimum Gasteiger partial charge on any atom is -0.359 e. The molecular weight excluding hydrogens is 629 g/mol. The number of pyridine rings is 1. The zero-order valence-corrected chi connectivity index (χ0v) is 29.0. The van der Waals surface area contributed by atoms with Gasteiger partial charge in [0.2, 0.25) is 5.91 Å². The molecule has 1 aromatic carbocycles. The number of fused-ring (bicyclic) bond motifs is 2. The molecular formula is C35H44ClF3N6O2. The van der Waals surface area contributed by atoms with E-state index in [1.165, 1.54) is 6.07 Å². The van der Waals surface area contributed by atoms with Crippen LogP contribution >= 0.6 is 11.6 Å². The molecule has 1 amide bonds. The van der Waals surface area contributed by atoms with Gasteiger partial charge in [0.1, 0.15) is 11.9 Å². The third-order valence-corrected chi connectivity index (χ3v) is 10.9. The van der Waals surface area contributed by atoms with E-state index in [-0.39, 0.29) is 17.0 Å². The Morgan fingerprint density at radius 3 is 2.40 bits per heavy atom. The van der Waals surface area contributed by atoms with Crippen molar-refractivity contribution in [3.8, 4) is 0 Å². The molecule has 1 spiro atoms. The van der Waals surface area contributed by atoms with Crippen LogP contribution in [0.4, 0.5) is 13.2 Å². The van der Waals surface area contributed by atoms with Crippen molar-refractivity contribution >= 4 is 17.5 Å². The fourth-order valence-corrected chi connectivity index (χ4v) is 7.74. The van der Waals surface area contributed by atoms with Crippen LogP contribution in [0.1, 0.15) is 101 Å². The fourth-order valence-electron chi connectivity index (χ4n) is 7.58. The molecule has 3 aliphatic heterocycles. The van der Waals surface area contributed by atoms with Crippen LogP contribution in [-0.4, -0.2) is 67.2 Å². The van der Waals surface area contributed by atoms with Gasteiger partial charge in [0, 0.05) is 49.1 Å². The average molecular weight is 673 g/mol. The highest BCUT2D eigenvalue weighted by molar-refractivity contribution is 6.31. The number of carbonyl (C=O) groups is 1. The van der Waals surface area contributed by atoms with Gasteiger partial charge in [0.05, 0.1) is 27.9 Å². The number of rotatable bonds is 5. The first-order valence-corrected chi connectivity index (χ1v) is 16.9. The number of ether oxygens (including phenoxy) is 1. The number of hydrogen-bond donors (Lipinski definition) is 0. The van der Waals surface area contributed by atoms with Gasteiger partial charge in [0.25, 0.3) is 0 Å². The van der Waals surface area contributed by atoms with Gasteiger partial charge in [-0.25, -0.2) is 18.2 Å². The summed E-state index contributed by atoms with van der Waals surface area (Å²) < 4.78 is 52.4. The second-order valence-corrected chi connectivity index (χ2v) is 15.2. The molecule has 3 atom stereocenters. The van der Waals surface area contributed by atoms with E-state index in [1.54, 1.807) is 11.0 Å². The standard InChI is InChI=1S/C35H44ClF3N6O2/c1-8-45-19-40-32(42-45)34(6,7)30-23-17-25(36)20(2)41-29(23)35(47-30)12-15-43(16-13-35)31(46)22-11-14-44(33(3,4)5)18-24(22)21-9-10-26(37)28(39)27(21)38/h9-10,17,19,22,24,30H,8,11-16,18H2,1-7H3/t22?,24-,30+/m0/s1. The van der Waals surface area contributed by atoms with Crippen LogP contribution < -0.4 is 0 Å². The molecule has 3 aromatic rings. The fraction of sp³-hybridized carbons (Fsp3) is 0.600. The molecule has 2 aromatic heterocycles. The van der Waals surface area contributed by atoms with Crippen LogP contribution in [0.2, 0.25) is 5.02 Å². The molecule has 2 fully saturated rings. The molecule has 1 unspecified atom stereocenters. The van der Waals surface area contributed by atoms with E-state index in [2.05, 4.69) is 44.5 Å². The first-order valence-electron chi connectivity index (χ1n) is 16.5. The summed E-state index contributed by atoms with van der Waals surface area (Å²) in [7, 11) is 0. The molecule has 5 heterocycles. The van der Waals surface area contributed by atoms with E-state index in [9.17, 15) is 13.6 Å². The number of likely N-dealkylation sites (tertiary alicyclic amines) is 2. The summed E-state index contributed by atoms with van der Waals surface area (Å²) in [6.07, 6.45) is 2.80. The number of amides is 1. The number of nitrogens with zero attached hydrogens (tertiary/aromatic N) is 6. The predicted octanol–water partition coefficient (Wildman–Crippen LogP) is 6.84. The predicted molar refractivity (Wildman–Crippen MR) is 173 cm³/mol. The molecule has 0 aliphatic carbocycles. The normalized spacial score (nSPS) is 23.4. The summed E-state index contributed by atoms with van der Waals surface area (Å²) in [5.74, 6) is -4.61. The highest BCUT2D eigenvalue weighted by atomic mass is 35.5. The summed E-state index contributed by atoms with van der Waals surface area (Å²) >= 11 is 6.61. The van der Waals surface area contributed by atoms with Gasteiger partial charge in [-0.2, -0.15) is 5.10 Å². The summed E-state index contributed by atoms with van der Waals surface area (Å²) in [6.45, 7) is 16.7. The number of benzene rings is 1. The Kier molecular flexibility index (Phi) is 8.75. The first kappa shape index (κ1) is 33.9. The second kappa shape index (κ2) is 12.1. The number of aromatic nitrogens is 4. The summed E-state index contributed by atoms with van der Waals surface area (Å²) in [5, 5.41) is 5.25. The van der Waals surface area contributed by atoms with Crippen LogP contribution in [-0.2, 0) is 27.1 Å². The van der Waals surface area contributed by atoms with Crippen molar-refractivity contribution in [1.29, 1.82) is 0 Å². The quantitative estimate of drug-likeness (QED) is 0.276. The molecule has 0 radical (unpaired) electrons. The van der Waals surface area contributed by atoms with Gasteiger partial charge >= 0.3 is 0 Å². The SMILES string of the molecule is CCn1cnc(C(C)(C)[C@@H]2OC3(CCN(C(=O)C4CCN(C(C)(C)C)C[C@H]4c4ccc(F)c(F)c4F)CC3)c3nc(C)c(Cl)cc32)n1. The van der Waals surface area contributed by atoms with Gasteiger partial charge in [-0.05, 0) is 92.0 Å². The molecule has 47 heavy (non-hydrogen) atoms. The van der Waals surface area contributed by atoms with Crippen LogP contribution in [0.25, 0.3) is 0 Å². The second-order valence-electron chi connectivity index (χ2n) is 14.8. The van der Waals surface area contributed by atoms with Crippen molar-refractivity contribution in [3.63, 3.8) is 0 Å². The Bertz CT molecular complexity index is 1680. The summed E-state index contributed by atoms with van der Waals surface area (Å²) in [6, 6.07) is 4.18. The van der Waals surface area contributed by atoms with Crippen molar-refractivity contribution in [1.82, 2.24) is 29.5 Å². The zero-order chi connectivity index (χ0) is 34.1. The average Bonchev–Trinajstić information content (AvgIpc) is 3.64. The van der Waals surface area contributed by atoms with Crippen molar-refractivity contribution in [2.24, 2.45) is 5.92 Å². The largest absolute Gasteiger partial charge is 0.359 e. The minimum atomic E-state index is -1.50. The number of carbonyl (C=O) groups excluding carboxylic acids is 1. The lowest BCUT2D eigenvalue weighted by Gasteiger charge is -2.47. The summed E-state index contributed by atoms with van der Waals surface area (Å²) in [5.41, 5.74) is 0.904. The van der Waals surface area contributed by atoms with Crippen LogP contribution in [0.3, 0.4) is 0 Å². The van der Waals surface area contributed by atoms with Crippen LogP contribution in [0.15, 0.2) is 24.5 Å². The highest BCUT2D eigenvalue weighted by Crippen LogP contribution is 2.55. The number of piperidine rings is 2. The van der Waals surface area contributed by atoms with Gasteiger partial charge in [-0.3, -0.25) is 19.4 Å². The number of aryl methyl sites for hydroxylation is 2. The smallest absolute Gasteiger partial charge is 0.226 e. The van der Waals surface area contributed by atoms with Crippen molar-refractivity contribution < 1.29 is 22.7 Å². The Morgan fingerprint density at radius 2 is 1.77 bits per heavy atom. The lowest BCUT2D eigenvalue weighted by molar-refractivity contribution is -0.153. The molecule has 2 saturated heterocycles. The Labute approximate surface area is 279 Å². The van der Waals surface area contributed by atoms with E-state index in [0.717, 1.165) is 17.3 Å². The molecule has 0 N–H and O–H groups in total. The third-order valence-electron chi connectivity index (χ3n) is 10.6. The summed E-state index contributed by atoms with van der Waals surface area (Å²) in [4.78, 5) is 27.8. The topological polar surface area (TPSA) is 76.4 Å². The minimum absolute atomic E-state index is 0.0403. The molecule has 0 saturated carbocycles. The van der Waals surface area contributed by atoms with Gasteiger partial charge in [0.15, 0.2) is 23.3 Å². The molecule has 12 heteroatoms. The first-order chi connectivity index (χ1) is 22.1. The maximum Gasteiger partial charge on any atom is 0.226 e. The zero-order valence-electron chi connectivity index (χ0n) is 28.2. The maximum atomic E-state index is 15.2. The van der Waals surface area contributed by atoms with Gasteiger partial charge in [-0.15, -0.1) is 0 Å². The van der Waals surface area contributed by atoms with Crippen LogP contribution in [0.5, 0.6) is 0 Å². The van der Waals surface area contributed by atoms with Crippen molar-refractivity contribution in [3.05, 3.63) is 75.3 Å². The maximum absolute atomic E-state index is 15.2. The number of halogens is 4. The Balaban J connectivity index is 1.27. The molecule has 8 nitrogen and oxygen atoms in total. The lowest BCUT2D eigenvalue weighted by atomic mass is 9.77. The van der Waals surface area contributed by atoms with Crippen molar-refractivity contribution in [2.45, 2.75) is 103 Å². The third kappa shape index (κ3) is 5.86. The lowest BCUT2D eigenvalue weighted by Crippen LogP contribution is -2.54. The molecule has 6 rings (SSSR count). The van der Waals surface area contributed by atoms with Crippen molar-refractivity contribution in [2.75, 3.05) is 26.2 Å². The van der Waals surface area contributed by atoms with E-state index >= 15 is 4.39 Å². The molecule has 254 valence electrons. The van der Waals surface area contributed by atoms with Gasteiger partial charge in [-0.1, -0.05) is 17.7 Å². The van der Waals surface area contributed by atoms with E-state index in [0.29, 0.717) is 68.5 Å². The van der Waals surface area contributed by atoms with Gasteiger partial charge < -0.3 is 9.64 Å². The van der Waals surface area contributed by atoms with Crippen LogP contribution in [0, 0.1) is 30.3 Å². The molecule has 0 bridgehead atoms.